The highest BCUT2D eigenvalue weighted by Gasteiger charge is 2.22. The lowest BCUT2D eigenvalue weighted by Crippen LogP contribution is -2.31. The van der Waals surface area contributed by atoms with Crippen molar-refractivity contribution in [1.82, 2.24) is 0 Å². The third kappa shape index (κ3) is 2.53. The monoisotopic (exact) mass is 348 g/mol. The molecule has 1 aliphatic heterocycles. The van der Waals surface area contributed by atoms with E-state index in [-0.39, 0.29) is 17.8 Å². The molecule has 1 N–H and O–H groups in total. The third-order valence-electron chi connectivity index (χ3n) is 2.83. The van der Waals surface area contributed by atoms with Crippen LogP contribution in [0.2, 0.25) is 0 Å². The molecule has 1 heterocycles. The van der Waals surface area contributed by atoms with E-state index in [1.165, 1.54) is 6.07 Å². The first kappa shape index (κ1) is 12.6. The second kappa shape index (κ2) is 4.80. The van der Waals surface area contributed by atoms with Crippen molar-refractivity contribution in [3.63, 3.8) is 0 Å². The van der Waals surface area contributed by atoms with Gasteiger partial charge in [0.1, 0.15) is 5.82 Å². The van der Waals surface area contributed by atoms with Gasteiger partial charge >= 0.3 is 0 Å². The van der Waals surface area contributed by atoms with Gasteiger partial charge in [0.2, 0.25) is 5.91 Å². The number of hydrogen-bond acceptors (Lipinski definition) is 2. The fraction of sp³-hybridized carbons (Fsp3) is 0.417. The number of amides is 1. The van der Waals surface area contributed by atoms with Crippen LogP contribution in [0.4, 0.5) is 15.8 Å². The molecular formula is C12H14FIN2O. The van der Waals surface area contributed by atoms with E-state index in [2.05, 4.69) is 5.32 Å². The first-order chi connectivity index (χ1) is 7.99. The van der Waals surface area contributed by atoms with Crippen LogP contribution in [0.15, 0.2) is 12.1 Å². The normalized spacial score (nSPS) is 15.6. The summed E-state index contributed by atoms with van der Waals surface area (Å²) < 4.78 is 14.1. The molecule has 0 saturated heterocycles. The molecule has 0 unspecified atom stereocenters. The van der Waals surface area contributed by atoms with Crippen molar-refractivity contribution in [2.45, 2.75) is 26.3 Å². The highest BCUT2D eigenvalue weighted by atomic mass is 127. The van der Waals surface area contributed by atoms with E-state index in [0.717, 1.165) is 5.69 Å². The molecule has 3 nitrogen and oxygen atoms in total. The lowest BCUT2D eigenvalue weighted by atomic mass is 10.2. The van der Waals surface area contributed by atoms with Gasteiger partial charge < -0.3 is 10.2 Å². The van der Waals surface area contributed by atoms with Crippen LogP contribution < -0.4 is 10.2 Å². The molecule has 1 amide bonds. The fourth-order valence-corrected chi connectivity index (χ4v) is 2.43. The Morgan fingerprint density at radius 2 is 2.18 bits per heavy atom. The quantitative estimate of drug-likeness (QED) is 0.792. The molecule has 0 aromatic heterocycles. The first-order valence-corrected chi connectivity index (χ1v) is 6.62. The molecule has 1 aliphatic rings. The molecule has 17 heavy (non-hydrogen) atoms. The lowest BCUT2D eigenvalue weighted by molar-refractivity contribution is -0.115. The van der Waals surface area contributed by atoms with Crippen molar-refractivity contribution in [2.24, 2.45) is 0 Å². The highest BCUT2D eigenvalue weighted by Crippen LogP contribution is 2.33. The number of halogens is 2. The van der Waals surface area contributed by atoms with E-state index in [0.29, 0.717) is 22.2 Å². The van der Waals surface area contributed by atoms with E-state index < -0.39 is 0 Å². The predicted molar refractivity (Wildman–Crippen MR) is 74.8 cm³/mol. The Labute approximate surface area is 114 Å². The van der Waals surface area contributed by atoms with Crippen molar-refractivity contribution in [3.8, 4) is 0 Å². The minimum atomic E-state index is -0.244. The second-order valence-corrected chi connectivity index (χ2v) is 5.53. The zero-order valence-electron chi connectivity index (χ0n) is 9.76. The molecule has 0 radical (unpaired) electrons. The lowest BCUT2D eigenvalue weighted by Gasteiger charge is -2.28. The summed E-state index contributed by atoms with van der Waals surface area (Å²) in [6.45, 7) is 4.70. The number of benzene rings is 1. The summed E-state index contributed by atoms with van der Waals surface area (Å²) in [4.78, 5) is 13.6. The maximum Gasteiger partial charge on any atom is 0.226 e. The third-order valence-corrected chi connectivity index (χ3v) is 3.65. The van der Waals surface area contributed by atoms with Crippen LogP contribution in [0.3, 0.4) is 0 Å². The Bertz CT molecular complexity index is 462. The molecule has 1 aromatic rings. The average Bonchev–Trinajstić information content (AvgIpc) is 2.38. The smallest absolute Gasteiger partial charge is 0.226 e. The summed E-state index contributed by atoms with van der Waals surface area (Å²) in [5.41, 5.74) is 1.47. The predicted octanol–water partition coefficient (Wildman–Crippen LogP) is 2.99. The molecule has 0 saturated carbocycles. The molecule has 0 spiro atoms. The van der Waals surface area contributed by atoms with Crippen molar-refractivity contribution in [3.05, 3.63) is 21.5 Å². The molecule has 0 atom stereocenters. The summed E-state index contributed by atoms with van der Waals surface area (Å²) in [6.07, 6.45) is 0.436. The summed E-state index contributed by atoms with van der Waals surface area (Å²) in [5, 5.41) is 2.82. The second-order valence-electron chi connectivity index (χ2n) is 4.37. The van der Waals surface area contributed by atoms with Crippen LogP contribution in [-0.2, 0) is 4.79 Å². The van der Waals surface area contributed by atoms with Gasteiger partial charge in [0, 0.05) is 25.1 Å². The SMILES string of the molecule is CC(C)N1CCC(=O)Nc2cc(I)c(F)cc21. The Hall–Kier alpha value is -0.850. The molecule has 0 aliphatic carbocycles. The summed E-state index contributed by atoms with van der Waals surface area (Å²) in [5.74, 6) is -0.261. The van der Waals surface area contributed by atoms with Crippen LogP contribution in [-0.4, -0.2) is 18.5 Å². The number of nitrogens with one attached hydrogen (secondary N) is 1. The molecule has 5 heteroatoms. The van der Waals surface area contributed by atoms with Crippen molar-refractivity contribution in [1.29, 1.82) is 0 Å². The minimum Gasteiger partial charge on any atom is -0.367 e. The Morgan fingerprint density at radius 3 is 2.82 bits per heavy atom. The molecule has 0 fully saturated rings. The standard InChI is InChI=1S/C12H14FIN2O/c1-7(2)16-4-3-12(17)15-10-6-9(14)8(13)5-11(10)16/h5-7H,3-4H2,1-2H3,(H,15,17). The van der Waals surface area contributed by atoms with E-state index in [9.17, 15) is 9.18 Å². The van der Waals surface area contributed by atoms with Gasteiger partial charge in [0.05, 0.1) is 14.9 Å². The van der Waals surface area contributed by atoms with Gasteiger partial charge in [-0.3, -0.25) is 4.79 Å². The number of rotatable bonds is 1. The zero-order valence-corrected chi connectivity index (χ0v) is 11.9. The molecule has 2 rings (SSSR count). The van der Waals surface area contributed by atoms with Crippen LogP contribution in [0, 0.1) is 9.39 Å². The Balaban J connectivity index is 2.53. The van der Waals surface area contributed by atoms with Gasteiger partial charge in [0.25, 0.3) is 0 Å². The molecular weight excluding hydrogens is 334 g/mol. The molecule has 0 bridgehead atoms. The van der Waals surface area contributed by atoms with E-state index in [1.54, 1.807) is 6.07 Å². The Morgan fingerprint density at radius 1 is 1.47 bits per heavy atom. The maximum absolute atomic E-state index is 13.6. The summed E-state index contributed by atoms with van der Waals surface area (Å²) in [7, 11) is 0. The van der Waals surface area contributed by atoms with Gasteiger partial charge in [-0.25, -0.2) is 4.39 Å². The summed E-state index contributed by atoms with van der Waals surface area (Å²) >= 11 is 1.93. The van der Waals surface area contributed by atoms with Crippen LogP contribution in [0.5, 0.6) is 0 Å². The van der Waals surface area contributed by atoms with E-state index in [1.807, 2.05) is 41.3 Å². The minimum absolute atomic E-state index is 0.0168. The fourth-order valence-electron chi connectivity index (χ4n) is 1.97. The number of carbonyl (C=O) groups is 1. The Kier molecular flexibility index (Phi) is 3.56. The number of fused-ring (bicyclic) bond motifs is 1. The van der Waals surface area contributed by atoms with Gasteiger partial charge in [-0.2, -0.15) is 0 Å². The number of hydrogen-bond donors (Lipinski definition) is 1. The molecule has 1 aromatic carbocycles. The van der Waals surface area contributed by atoms with Gasteiger partial charge in [-0.1, -0.05) is 0 Å². The summed E-state index contributed by atoms with van der Waals surface area (Å²) in [6, 6.07) is 3.42. The topological polar surface area (TPSA) is 32.3 Å². The maximum atomic E-state index is 13.6. The van der Waals surface area contributed by atoms with E-state index >= 15 is 0 Å². The number of carbonyl (C=O) groups excluding carboxylic acids is 1. The van der Waals surface area contributed by atoms with Gasteiger partial charge in [0.15, 0.2) is 0 Å². The van der Waals surface area contributed by atoms with Crippen LogP contribution in [0.1, 0.15) is 20.3 Å². The first-order valence-electron chi connectivity index (χ1n) is 5.54. The van der Waals surface area contributed by atoms with Crippen LogP contribution >= 0.6 is 22.6 Å². The highest BCUT2D eigenvalue weighted by molar-refractivity contribution is 14.1. The van der Waals surface area contributed by atoms with Crippen molar-refractivity contribution < 1.29 is 9.18 Å². The van der Waals surface area contributed by atoms with Gasteiger partial charge in [-0.15, -0.1) is 0 Å². The number of anilines is 2. The number of nitrogens with zero attached hydrogens (tertiary/aromatic N) is 1. The largest absolute Gasteiger partial charge is 0.367 e. The van der Waals surface area contributed by atoms with Crippen LogP contribution in [0.25, 0.3) is 0 Å². The van der Waals surface area contributed by atoms with Crippen molar-refractivity contribution in [2.75, 3.05) is 16.8 Å². The van der Waals surface area contributed by atoms with E-state index in [4.69, 9.17) is 0 Å². The van der Waals surface area contributed by atoms with Gasteiger partial charge in [-0.05, 0) is 42.5 Å². The zero-order chi connectivity index (χ0) is 12.6. The molecule has 92 valence electrons. The van der Waals surface area contributed by atoms with Crippen molar-refractivity contribution >= 4 is 39.9 Å². The average molecular weight is 348 g/mol.